The SMILES string of the molecule is c1cnc(NC[C@@H]2COc3ccccc3O2)nc1. The van der Waals surface area contributed by atoms with Gasteiger partial charge in [0.1, 0.15) is 12.7 Å². The number of fused-ring (bicyclic) bond motifs is 1. The predicted molar refractivity (Wildman–Crippen MR) is 66.9 cm³/mol. The van der Waals surface area contributed by atoms with Crippen molar-refractivity contribution in [2.45, 2.75) is 6.10 Å². The minimum Gasteiger partial charge on any atom is -0.486 e. The fraction of sp³-hybridized carbons (Fsp3) is 0.231. The molecule has 92 valence electrons. The molecule has 1 aromatic carbocycles. The van der Waals surface area contributed by atoms with E-state index >= 15 is 0 Å². The highest BCUT2D eigenvalue weighted by molar-refractivity contribution is 5.40. The molecule has 0 saturated heterocycles. The van der Waals surface area contributed by atoms with Crippen LogP contribution in [-0.4, -0.2) is 29.2 Å². The zero-order valence-electron chi connectivity index (χ0n) is 9.74. The first-order valence-corrected chi connectivity index (χ1v) is 5.81. The van der Waals surface area contributed by atoms with E-state index in [1.165, 1.54) is 0 Å². The zero-order valence-corrected chi connectivity index (χ0v) is 9.74. The smallest absolute Gasteiger partial charge is 0.222 e. The van der Waals surface area contributed by atoms with E-state index in [2.05, 4.69) is 15.3 Å². The Morgan fingerprint density at radius 3 is 2.72 bits per heavy atom. The Kier molecular flexibility index (Phi) is 2.96. The highest BCUT2D eigenvalue weighted by Gasteiger charge is 2.20. The molecule has 1 atom stereocenters. The third-order valence-corrected chi connectivity index (χ3v) is 2.62. The molecule has 2 heterocycles. The van der Waals surface area contributed by atoms with Gasteiger partial charge in [0.2, 0.25) is 5.95 Å². The molecule has 0 radical (unpaired) electrons. The first-order valence-electron chi connectivity index (χ1n) is 5.81. The van der Waals surface area contributed by atoms with E-state index in [0.717, 1.165) is 11.5 Å². The molecule has 0 amide bonds. The van der Waals surface area contributed by atoms with Gasteiger partial charge in [-0.2, -0.15) is 0 Å². The van der Waals surface area contributed by atoms with Crippen LogP contribution in [-0.2, 0) is 0 Å². The van der Waals surface area contributed by atoms with E-state index in [9.17, 15) is 0 Å². The van der Waals surface area contributed by atoms with Crippen molar-refractivity contribution in [2.75, 3.05) is 18.5 Å². The first-order chi connectivity index (χ1) is 8.92. The fourth-order valence-electron chi connectivity index (χ4n) is 1.76. The number of aromatic nitrogens is 2. The van der Waals surface area contributed by atoms with Crippen LogP contribution in [0.5, 0.6) is 11.5 Å². The summed E-state index contributed by atoms with van der Waals surface area (Å²) in [5.74, 6) is 2.18. The Balaban J connectivity index is 1.60. The van der Waals surface area contributed by atoms with Crippen molar-refractivity contribution in [2.24, 2.45) is 0 Å². The van der Waals surface area contributed by atoms with Crippen LogP contribution in [0, 0.1) is 0 Å². The second kappa shape index (κ2) is 4.91. The van der Waals surface area contributed by atoms with Gasteiger partial charge in [-0.1, -0.05) is 12.1 Å². The number of anilines is 1. The molecule has 0 fully saturated rings. The Morgan fingerprint density at radius 2 is 1.89 bits per heavy atom. The maximum Gasteiger partial charge on any atom is 0.222 e. The van der Waals surface area contributed by atoms with Gasteiger partial charge in [0.05, 0.1) is 6.54 Å². The number of nitrogens with zero attached hydrogens (tertiary/aromatic N) is 2. The van der Waals surface area contributed by atoms with Crippen LogP contribution in [0.3, 0.4) is 0 Å². The fourth-order valence-corrected chi connectivity index (χ4v) is 1.76. The lowest BCUT2D eigenvalue weighted by Gasteiger charge is -2.26. The van der Waals surface area contributed by atoms with E-state index in [1.54, 1.807) is 18.5 Å². The van der Waals surface area contributed by atoms with Crippen molar-refractivity contribution in [1.29, 1.82) is 0 Å². The lowest BCUT2D eigenvalue weighted by molar-refractivity contribution is 0.0996. The molecule has 5 heteroatoms. The summed E-state index contributed by atoms with van der Waals surface area (Å²) in [7, 11) is 0. The van der Waals surface area contributed by atoms with E-state index in [0.29, 0.717) is 19.1 Å². The van der Waals surface area contributed by atoms with Gasteiger partial charge in [-0.3, -0.25) is 0 Å². The van der Waals surface area contributed by atoms with Crippen LogP contribution in [0.15, 0.2) is 42.7 Å². The van der Waals surface area contributed by atoms with Crippen LogP contribution in [0.1, 0.15) is 0 Å². The van der Waals surface area contributed by atoms with Gasteiger partial charge in [0.25, 0.3) is 0 Å². The van der Waals surface area contributed by atoms with Gasteiger partial charge >= 0.3 is 0 Å². The van der Waals surface area contributed by atoms with Gasteiger partial charge < -0.3 is 14.8 Å². The number of para-hydroxylation sites is 2. The monoisotopic (exact) mass is 243 g/mol. The lowest BCUT2D eigenvalue weighted by Crippen LogP contribution is -2.35. The van der Waals surface area contributed by atoms with E-state index in [-0.39, 0.29) is 6.10 Å². The topological polar surface area (TPSA) is 56.3 Å². The highest BCUT2D eigenvalue weighted by atomic mass is 16.6. The Labute approximate surface area is 105 Å². The number of hydrogen-bond donors (Lipinski definition) is 1. The summed E-state index contributed by atoms with van der Waals surface area (Å²) >= 11 is 0. The van der Waals surface area contributed by atoms with Crippen molar-refractivity contribution >= 4 is 5.95 Å². The number of hydrogen-bond acceptors (Lipinski definition) is 5. The lowest BCUT2D eigenvalue weighted by atomic mass is 10.2. The maximum absolute atomic E-state index is 5.81. The summed E-state index contributed by atoms with van der Waals surface area (Å²) in [6.07, 6.45) is 3.36. The second-order valence-electron chi connectivity index (χ2n) is 3.95. The molecule has 1 aliphatic rings. The first kappa shape index (κ1) is 10.8. The molecule has 18 heavy (non-hydrogen) atoms. The Morgan fingerprint density at radius 1 is 1.11 bits per heavy atom. The quantitative estimate of drug-likeness (QED) is 0.889. The van der Waals surface area contributed by atoms with Gasteiger partial charge in [0, 0.05) is 12.4 Å². The standard InChI is InChI=1S/C13H13N3O2/c1-2-5-12-11(4-1)17-9-10(18-12)8-16-13-14-6-3-7-15-13/h1-7,10H,8-9H2,(H,14,15,16)/t10-/m1/s1. The minimum atomic E-state index is -0.0382. The van der Waals surface area contributed by atoms with Crippen LogP contribution < -0.4 is 14.8 Å². The molecule has 1 aromatic heterocycles. The average molecular weight is 243 g/mol. The largest absolute Gasteiger partial charge is 0.486 e. The summed E-state index contributed by atoms with van der Waals surface area (Å²) in [6.45, 7) is 1.13. The molecule has 0 aliphatic carbocycles. The molecule has 1 aliphatic heterocycles. The van der Waals surface area contributed by atoms with E-state index in [4.69, 9.17) is 9.47 Å². The molecule has 5 nitrogen and oxygen atoms in total. The third kappa shape index (κ3) is 2.34. The maximum atomic E-state index is 5.81. The normalized spacial score (nSPS) is 17.2. The molecule has 0 spiro atoms. The van der Waals surface area contributed by atoms with Gasteiger partial charge in [-0.15, -0.1) is 0 Å². The Bertz CT molecular complexity index is 519. The number of nitrogens with one attached hydrogen (secondary N) is 1. The molecule has 1 N–H and O–H groups in total. The summed E-state index contributed by atoms with van der Waals surface area (Å²) in [6, 6.07) is 9.44. The highest BCUT2D eigenvalue weighted by Crippen LogP contribution is 2.30. The molecule has 0 saturated carbocycles. The van der Waals surface area contributed by atoms with Gasteiger partial charge in [-0.25, -0.2) is 9.97 Å². The van der Waals surface area contributed by atoms with Crippen LogP contribution in [0.4, 0.5) is 5.95 Å². The summed E-state index contributed by atoms with van der Waals surface area (Å²) in [5.41, 5.74) is 0. The number of benzene rings is 1. The minimum absolute atomic E-state index is 0.0382. The summed E-state index contributed by atoms with van der Waals surface area (Å²) in [5, 5.41) is 3.12. The number of ether oxygens (including phenoxy) is 2. The summed E-state index contributed by atoms with van der Waals surface area (Å²) < 4.78 is 11.4. The van der Waals surface area contributed by atoms with Crippen molar-refractivity contribution in [3.8, 4) is 11.5 Å². The van der Waals surface area contributed by atoms with Crippen LogP contribution >= 0.6 is 0 Å². The Hall–Kier alpha value is -2.30. The predicted octanol–water partition coefficient (Wildman–Crippen LogP) is 1.73. The van der Waals surface area contributed by atoms with E-state index < -0.39 is 0 Å². The van der Waals surface area contributed by atoms with Crippen molar-refractivity contribution in [1.82, 2.24) is 9.97 Å². The third-order valence-electron chi connectivity index (χ3n) is 2.62. The number of rotatable bonds is 3. The average Bonchev–Trinajstić information content (AvgIpc) is 2.46. The van der Waals surface area contributed by atoms with Crippen LogP contribution in [0.2, 0.25) is 0 Å². The molecule has 2 aromatic rings. The van der Waals surface area contributed by atoms with Crippen LogP contribution in [0.25, 0.3) is 0 Å². The molecular weight excluding hydrogens is 230 g/mol. The van der Waals surface area contributed by atoms with Crippen molar-refractivity contribution in [3.63, 3.8) is 0 Å². The van der Waals surface area contributed by atoms with Gasteiger partial charge in [0.15, 0.2) is 11.5 Å². The second-order valence-corrected chi connectivity index (χ2v) is 3.95. The van der Waals surface area contributed by atoms with Crippen molar-refractivity contribution in [3.05, 3.63) is 42.7 Å². The van der Waals surface area contributed by atoms with Gasteiger partial charge in [-0.05, 0) is 18.2 Å². The molecular formula is C13H13N3O2. The molecule has 3 rings (SSSR count). The van der Waals surface area contributed by atoms with E-state index in [1.807, 2.05) is 24.3 Å². The zero-order chi connectivity index (χ0) is 12.2. The molecule has 0 unspecified atom stereocenters. The van der Waals surface area contributed by atoms with Crippen molar-refractivity contribution < 1.29 is 9.47 Å². The summed E-state index contributed by atoms with van der Waals surface area (Å²) in [4.78, 5) is 8.18. The molecule has 0 bridgehead atoms.